The minimum absolute atomic E-state index is 0.304. The van der Waals surface area contributed by atoms with Crippen LogP contribution >= 0.6 is 11.3 Å². The zero-order valence-electron chi connectivity index (χ0n) is 14.9. The van der Waals surface area contributed by atoms with Crippen LogP contribution in [0, 0.1) is 6.92 Å². The van der Waals surface area contributed by atoms with Gasteiger partial charge in [0, 0.05) is 10.9 Å². The van der Waals surface area contributed by atoms with E-state index in [1.54, 1.807) is 6.08 Å². The quantitative estimate of drug-likeness (QED) is 0.368. The minimum atomic E-state index is -0.304. The molecule has 0 unspecified atom stereocenters. The minimum Gasteiger partial charge on any atom is -0.234 e. The zero-order chi connectivity index (χ0) is 18.6. The SMILES string of the molecule is Cc1ccccc1C=C(F)c1nc(-c2ccc(-c3ccccc3)cc2)cs1. The van der Waals surface area contributed by atoms with Gasteiger partial charge in [-0.05, 0) is 35.3 Å². The maximum Gasteiger partial charge on any atom is 0.159 e. The normalized spacial score (nSPS) is 11.6. The van der Waals surface area contributed by atoms with E-state index in [9.17, 15) is 4.39 Å². The van der Waals surface area contributed by atoms with Crippen LogP contribution < -0.4 is 0 Å². The molecule has 1 aromatic heterocycles. The Balaban J connectivity index is 1.58. The lowest BCUT2D eigenvalue weighted by Gasteiger charge is -2.03. The Bertz CT molecular complexity index is 1080. The standard InChI is InChI=1S/C24H18FNS/c1-17-7-5-6-10-21(17)15-22(25)24-26-23(16-27-24)20-13-11-19(12-14-20)18-8-3-2-4-9-18/h2-16H,1H3. The first-order valence-electron chi connectivity index (χ1n) is 8.75. The van der Waals surface area contributed by atoms with Gasteiger partial charge in [-0.1, -0.05) is 78.9 Å². The fourth-order valence-electron chi connectivity index (χ4n) is 2.93. The topological polar surface area (TPSA) is 12.9 Å². The first kappa shape index (κ1) is 17.4. The maximum absolute atomic E-state index is 14.6. The Labute approximate surface area is 162 Å². The fraction of sp³-hybridized carbons (Fsp3) is 0.0417. The second-order valence-electron chi connectivity index (χ2n) is 6.33. The van der Waals surface area contributed by atoms with Crippen LogP contribution in [0.25, 0.3) is 34.3 Å². The van der Waals surface area contributed by atoms with E-state index in [2.05, 4.69) is 29.2 Å². The van der Waals surface area contributed by atoms with E-state index >= 15 is 0 Å². The lowest BCUT2D eigenvalue weighted by molar-refractivity contribution is 0.763. The van der Waals surface area contributed by atoms with Crippen LogP contribution in [-0.2, 0) is 0 Å². The van der Waals surface area contributed by atoms with Crippen LogP contribution in [0.15, 0.2) is 84.2 Å². The highest BCUT2D eigenvalue weighted by atomic mass is 32.1. The van der Waals surface area contributed by atoms with Gasteiger partial charge >= 0.3 is 0 Å². The van der Waals surface area contributed by atoms with Gasteiger partial charge in [0.15, 0.2) is 10.8 Å². The van der Waals surface area contributed by atoms with Gasteiger partial charge in [-0.25, -0.2) is 9.37 Å². The number of halogens is 1. The first-order chi connectivity index (χ1) is 13.2. The zero-order valence-corrected chi connectivity index (χ0v) is 15.7. The number of aryl methyl sites for hydroxylation is 1. The fourth-order valence-corrected chi connectivity index (χ4v) is 3.66. The predicted molar refractivity (Wildman–Crippen MR) is 113 cm³/mol. The number of benzene rings is 3. The van der Waals surface area contributed by atoms with Crippen LogP contribution in [0.4, 0.5) is 4.39 Å². The number of thiazole rings is 1. The highest BCUT2D eigenvalue weighted by molar-refractivity contribution is 7.11. The molecule has 0 fully saturated rings. The van der Waals surface area contributed by atoms with Crippen molar-refractivity contribution < 1.29 is 4.39 Å². The van der Waals surface area contributed by atoms with Gasteiger partial charge in [0.2, 0.25) is 0 Å². The van der Waals surface area contributed by atoms with Crippen molar-refractivity contribution in [3.05, 3.63) is 100 Å². The molecule has 0 aliphatic heterocycles. The Morgan fingerprint density at radius 1 is 0.815 bits per heavy atom. The molecular weight excluding hydrogens is 353 g/mol. The molecule has 0 atom stereocenters. The van der Waals surface area contributed by atoms with E-state index in [4.69, 9.17) is 0 Å². The molecule has 0 N–H and O–H groups in total. The smallest absolute Gasteiger partial charge is 0.159 e. The van der Waals surface area contributed by atoms with E-state index in [1.807, 2.05) is 66.9 Å². The monoisotopic (exact) mass is 371 g/mol. The van der Waals surface area contributed by atoms with Gasteiger partial charge in [-0.15, -0.1) is 11.3 Å². The molecule has 4 aromatic rings. The molecule has 0 bridgehead atoms. The summed E-state index contributed by atoms with van der Waals surface area (Å²) in [4.78, 5) is 4.48. The molecule has 0 aliphatic rings. The molecule has 3 heteroatoms. The Morgan fingerprint density at radius 2 is 1.44 bits per heavy atom. The average Bonchev–Trinajstić information content (AvgIpc) is 3.21. The summed E-state index contributed by atoms with van der Waals surface area (Å²) in [6.45, 7) is 1.97. The molecular formula is C24H18FNS. The summed E-state index contributed by atoms with van der Waals surface area (Å²) < 4.78 is 14.6. The number of rotatable bonds is 4. The largest absolute Gasteiger partial charge is 0.234 e. The lowest BCUT2D eigenvalue weighted by atomic mass is 10.0. The molecule has 0 spiro atoms. The molecule has 3 aromatic carbocycles. The van der Waals surface area contributed by atoms with Crippen molar-refractivity contribution in [1.29, 1.82) is 0 Å². The van der Waals surface area contributed by atoms with Gasteiger partial charge in [0.1, 0.15) is 0 Å². The Kier molecular flexibility index (Phi) is 4.95. The predicted octanol–water partition coefficient (Wildman–Crippen LogP) is 7.25. The second kappa shape index (κ2) is 7.68. The number of aromatic nitrogens is 1. The summed E-state index contributed by atoms with van der Waals surface area (Å²) in [5.74, 6) is -0.304. The van der Waals surface area contributed by atoms with Gasteiger partial charge in [0.05, 0.1) is 5.69 Å². The van der Waals surface area contributed by atoms with Gasteiger partial charge in [-0.2, -0.15) is 0 Å². The summed E-state index contributed by atoms with van der Waals surface area (Å²) in [6, 6.07) is 26.2. The third-order valence-corrected chi connectivity index (χ3v) is 5.32. The van der Waals surface area contributed by atoms with E-state index in [-0.39, 0.29) is 5.83 Å². The van der Waals surface area contributed by atoms with Crippen molar-refractivity contribution in [3.8, 4) is 22.4 Å². The van der Waals surface area contributed by atoms with Crippen molar-refractivity contribution in [2.75, 3.05) is 0 Å². The summed E-state index contributed by atoms with van der Waals surface area (Å²) >= 11 is 1.32. The van der Waals surface area contributed by atoms with Crippen LogP contribution in [0.1, 0.15) is 16.1 Å². The molecule has 0 aliphatic carbocycles. The van der Waals surface area contributed by atoms with Crippen molar-refractivity contribution in [2.24, 2.45) is 0 Å². The highest BCUT2D eigenvalue weighted by Gasteiger charge is 2.10. The third kappa shape index (κ3) is 3.88. The Morgan fingerprint density at radius 3 is 2.19 bits per heavy atom. The van der Waals surface area contributed by atoms with E-state index in [0.29, 0.717) is 5.01 Å². The van der Waals surface area contributed by atoms with Crippen molar-refractivity contribution >= 4 is 23.2 Å². The van der Waals surface area contributed by atoms with Crippen LogP contribution in [0.5, 0.6) is 0 Å². The summed E-state index contributed by atoms with van der Waals surface area (Å²) in [7, 11) is 0. The molecule has 132 valence electrons. The van der Waals surface area contributed by atoms with Crippen molar-refractivity contribution in [1.82, 2.24) is 4.98 Å². The summed E-state index contributed by atoms with van der Waals surface area (Å²) in [5, 5.41) is 2.30. The van der Waals surface area contributed by atoms with Crippen molar-refractivity contribution in [2.45, 2.75) is 6.92 Å². The summed E-state index contributed by atoms with van der Waals surface area (Å²) in [5.41, 5.74) is 6.03. The first-order valence-corrected chi connectivity index (χ1v) is 9.63. The van der Waals surface area contributed by atoms with E-state index in [0.717, 1.165) is 27.9 Å². The van der Waals surface area contributed by atoms with Crippen LogP contribution in [0.2, 0.25) is 0 Å². The van der Waals surface area contributed by atoms with Gasteiger partial charge in [-0.3, -0.25) is 0 Å². The molecule has 0 saturated heterocycles. The van der Waals surface area contributed by atoms with Crippen LogP contribution in [-0.4, -0.2) is 4.98 Å². The maximum atomic E-state index is 14.6. The molecule has 1 heterocycles. The molecule has 27 heavy (non-hydrogen) atoms. The summed E-state index contributed by atoms with van der Waals surface area (Å²) in [6.07, 6.45) is 1.55. The number of hydrogen-bond acceptors (Lipinski definition) is 2. The molecule has 0 radical (unpaired) electrons. The van der Waals surface area contributed by atoms with Crippen LogP contribution in [0.3, 0.4) is 0 Å². The van der Waals surface area contributed by atoms with E-state index < -0.39 is 0 Å². The molecule has 4 rings (SSSR count). The van der Waals surface area contributed by atoms with Crippen molar-refractivity contribution in [3.63, 3.8) is 0 Å². The molecule has 1 nitrogen and oxygen atoms in total. The molecule has 0 amide bonds. The third-order valence-electron chi connectivity index (χ3n) is 4.47. The Hall–Kier alpha value is -3.04. The van der Waals surface area contributed by atoms with Gasteiger partial charge < -0.3 is 0 Å². The average molecular weight is 371 g/mol. The number of hydrogen-bond donors (Lipinski definition) is 0. The second-order valence-corrected chi connectivity index (χ2v) is 7.19. The molecule has 0 saturated carbocycles. The van der Waals surface area contributed by atoms with Gasteiger partial charge in [0.25, 0.3) is 0 Å². The van der Waals surface area contributed by atoms with E-state index in [1.165, 1.54) is 16.9 Å². The lowest BCUT2D eigenvalue weighted by Crippen LogP contribution is -1.83. The highest BCUT2D eigenvalue weighted by Crippen LogP contribution is 2.30. The number of nitrogens with zero attached hydrogens (tertiary/aromatic N) is 1.